The van der Waals surface area contributed by atoms with Gasteiger partial charge in [-0.2, -0.15) is 0 Å². The highest BCUT2D eigenvalue weighted by atomic mass is 19.4. The van der Waals surface area contributed by atoms with Gasteiger partial charge >= 0.3 is 13.5 Å². The summed E-state index contributed by atoms with van der Waals surface area (Å²) in [5.41, 5.74) is 0.0968. The van der Waals surface area contributed by atoms with Crippen molar-refractivity contribution in [3.63, 3.8) is 0 Å². The van der Waals surface area contributed by atoms with Crippen LogP contribution in [-0.4, -0.2) is 23.5 Å². The molecule has 2 N–H and O–H groups in total. The second-order valence-corrected chi connectivity index (χ2v) is 2.49. The number of hydrogen-bond acceptors (Lipinski definition) is 3. The molecule has 0 amide bonds. The van der Waals surface area contributed by atoms with Crippen molar-refractivity contribution >= 4 is 12.6 Å². The summed E-state index contributed by atoms with van der Waals surface area (Å²) >= 11 is 0. The minimum absolute atomic E-state index is 0.0968. The van der Waals surface area contributed by atoms with Gasteiger partial charge in [0.2, 0.25) is 0 Å². The average molecular weight is 236 g/mol. The highest BCUT2D eigenvalue weighted by Crippen LogP contribution is 2.21. The molecule has 0 radical (unpaired) electrons. The summed E-state index contributed by atoms with van der Waals surface area (Å²) in [6.07, 6.45) is -4.74. The SMILES string of the molecule is CC.OB(O)c1ccc(OC(F)(F)F)cc1. The summed E-state index contributed by atoms with van der Waals surface area (Å²) in [7, 11) is -1.70. The second kappa shape index (κ2) is 6.39. The Bertz CT molecular complexity index is 298. The van der Waals surface area contributed by atoms with Crippen molar-refractivity contribution in [2.45, 2.75) is 20.2 Å². The molecule has 0 bridgehead atoms. The Morgan fingerprint density at radius 3 is 1.81 bits per heavy atom. The predicted molar refractivity (Wildman–Crippen MR) is 54.3 cm³/mol. The van der Waals surface area contributed by atoms with Crippen molar-refractivity contribution < 1.29 is 28.0 Å². The lowest BCUT2D eigenvalue weighted by molar-refractivity contribution is -0.274. The largest absolute Gasteiger partial charge is 0.573 e. The molecule has 3 nitrogen and oxygen atoms in total. The number of ether oxygens (including phenoxy) is 1. The third-order valence-electron chi connectivity index (χ3n) is 1.41. The fraction of sp³-hybridized carbons (Fsp3) is 0.333. The fourth-order valence-electron chi connectivity index (χ4n) is 0.842. The van der Waals surface area contributed by atoms with Crippen molar-refractivity contribution in [2.24, 2.45) is 0 Å². The van der Waals surface area contributed by atoms with Crippen LogP contribution in [0.5, 0.6) is 5.75 Å². The molecular formula is C9H12BF3O3. The first-order valence-electron chi connectivity index (χ1n) is 4.60. The van der Waals surface area contributed by atoms with Crippen LogP contribution in [0.15, 0.2) is 24.3 Å². The van der Waals surface area contributed by atoms with Gasteiger partial charge in [-0.1, -0.05) is 26.0 Å². The molecular weight excluding hydrogens is 224 g/mol. The van der Waals surface area contributed by atoms with Crippen molar-refractivity contribution in [2.75, 3.05) is 0 Å². The van der Waals surface area contributed by atoms with Gasteiger partial charge in [0, 0.05) is 0 Å². The highest BCUT2D eigenvalue weighted by molar-refractivity contribution is 6.58. The average Bonchev–Trinajstić information content (AvgIpc) is 2.19. The Balaban J connectivity index is 0.00000106. The first kappa shape index (κ1) is 14.8. The minimum Gasteiger partial charge on any atom is -0.423 e. The van der Waals surface area contributed by atoms with E-state index in [2.05, 4.69) is 4.74 Å². The summed E-state index contributed by atoms with van der Waals surface area (Å²) in [5, 5.41) is 17.3. The second-order valence-electron chi connectivity index (χ2n) is 2.49. The first-order valence-corrected chi connectivity index (χ1v) is 4.60. The molecule has 0 aliphatic heterocycles. The topological polar surface area (TPSA) is 49.7 Å². The Morgan fingerprint density at radius 2 is 1.50 bits per heavy atom. The zero-order valence-corrected chi connectivity index (χ0v) is 8.82. The van der Waals surface area contributed by atoms with Gasteiger partial charge < -0.3 is 14.8 Å². The van der Waals surface area contributed by atoms with Gasteiger partial charge in [-0.05, 0) is 17.6 Å². The van der Waals surface area contributed by atoms with Crippen LogP contribution in [0.1, 0.15) is 13.8 Å². The fourth-order valence-corrected chi connectivity index (χ4v) is 0.842. The maximum absolute atomic E-state index is 11.7. The maximum atomic E-state index is 11.7. The van der Waals surface area contributed by atoms with E-state index in [1.807, 2.05) is 13.8 Å². The molecule has 0 heterocycles. The molecule has 0 fully saturated rings. The van der Waals surface area contributed by atoms with Gasteiger partial charge in [-0.25, -0.2) is 0 Å². The van der Waals surface area contributed by atoms with Gasteiger partial charge in [-0.15, -0.1) is 13.2 Å². The van der Waals surface area contributed by atoms with Crippen molar-refractivity contribution in [1.82, 2.24) is 0 Å². The maximum Gasteiger partial charge on any atom is 0.573 e. The molecule has 0 unspecified atom stereocenters. The number of hydrogen-bond donors (Lipinski definition) is 2. The van der Waals surface area contributed by atoms with Crippen LogP contribution in [0.4, 0.5) is 13.2 Å². The van der Waals surface area contributed by atoms with Gasteiger partial charge in [0.1, 0.15) is 5.75 Å². The molecule has 1 aromatic carbocycles. The molecule has 0 atom stereocenters. The van der Waals surface area contributed by atoms with Gasteiger partial charge in [-0.3, -0.25) is 0 Å². The molecule has 1 rings (SSSR count). The van der Waals surface area contributed by atoms with Crippen molar-refractivity contribution in [3.05, 3.63) is 24.3 Å². The van der Waals surface area contributed by atoms with E-state index < -0.39 is 19.2 Å². The normalized spacial score (nSPS) is 10.2. The Hall–Kier alpha value is -1.21. The van der Waals surface area contributed by atoms with E-state index in [-0.39, 0.29) is 5.46 Å². The molecule has 0 spiro atoms. The van der Waals surface area contributed by atoms with E-state index in [1.165, 1.54) is 0 Å². The van der Waals surface area contributed by atoms with E-state index in [0.717, 1.165) is 24.3 Å². The van der Waals surface area contributed by atoms with Gasteiger partial charge in [0.15, 0.2) is 0 Å². The zero-order chi connectivity index (χ0) is 12.8. The van der Waals surface area contributed by atoms with Crippen molar-refractivity contribution in [3.8, 4) is 5.75 Å². The minimum atomic E-state index is -4.74. The van der Waals surface area contributed by atoms with Crippen LogP contribution >= 0.6 is 0 Å². The van der Waals surface area contributed by atoms with Gasteiger partial charge in [0.25, 0.3) is 0 Å². The van der Waals surface area contributed by atoms with Gasteiger partial charge in [0.05, 0.1) is 0 Å². The number of benzene rings is 1. The van der Waals surface area contributed by atoms with E-state index in [9.17, 15) is 13.2 Å². The van der Waals surface area contributed by atoms with E-state index in [4.69, 9.17) is 10.0 Å². The zero-order valence-electron chi connectivity index (χ0n) is 8.82. The predicted octanol–water partition coefficient (Wildman–Crippen LogP) is 1.29. The third-order valence-corrected chi connectivity index (χ3v) is 1.41. The summed E-state index contributed by atoms with van der Waals surface area (Å²) in [4.78, 5) is 0. The number of rotatable bonds is 2. The lowest BCUT2D eigenvalue weighted by Gasteiger charge is -2.08. The summed E-state index contributed by atoms with van der Waals surface area (Å²) in [6.45, 7) is 4.00. The molecule has 0 saturated carbocycles. The van der Waals surface area contributed by atoms with Crippen LogP contribution < -0.4 is 10.2 Å². The lowest BCUT2D eigenvalue weighted by Crippen LogP contribution is -2.29. The van der Waals surface area contributed by atoms with E-state index >= 15 is 0 Å². The highest BCUT2D eigenvalue weighted by Gasteiger charge is 2.31. The molecule has 0 aliphatic rings. The Labute approximate surface area is 91.6 Å². The van der Waals surface area contributed by atoms with Crippen LogP contribution in [0.2, 0.25) is 0 Å². The van der Waals surface area contributed by atoms with Crippen LogP contribution in [0.3, 0.4) is 0 Å². The molecule has 0 aromatic heterocycles. The van der Waals surface area contributed by atoms with Crippen molar-refractivity contribution in [1.29, 1.82) is 0 Å². The monoisotopic (exact) mass is 236 g/mol. The summed E-state index contributed by atoms with van der Waals surface area (Å²) in [6, 6.07) is 4.27. The Kier molecular flexibility index (Phi) is 5.91. The van der Waals surface area contributed by atoms with E-state index in [0.29, 0.717) is 0 Å². The standard InChI is InChI=1S/C7H6BF3O3.C2H6/c9-7(10,11)14-6-3-1-5(2-4-6)8(12)13;1-2/h1-4,12-13H;1-2H3. The van der Waals surface area contributed by atoms with Crippen LogP contribution in [0, 0.1) is 0 Å². The molecule has 0 saturated heterocycles. The number of halogens is 3. The summed E-state index contributed by atoms with van der Waals surface area (Å²) in [5.74, 6) is -0.401. The Morgan fingerprint density at radius 1 is 1.06 bits per heavy atom. The summed E-state index contributed by atoms with van der Waals surface area (Å²) < 4.78 is 38.6. The first-order chi connectivity index (χ1) is 7.38. The third kappa shape index (κ3) is 5.62. The smallest absolute Gasteiger partial charge is 0.423 e. The van der Waals surface area contributed by atoms with E-state index in [1.54, 1.807) is 0 Å². The van der Waals surface area contributed by atoms with Crippen LogP contribution in [0.25, 0.3) is 0 Å². The quantitative estimate of drug-likeness (QED) is 0.760. The molecule has 7 heteroatoms. The van der Waals surface area contributed by atoms with Crippen LogP contribution in [-0.2, 0) is 0 Å². The number of alkyl halides is 3. The molecule has 1 aromatic rings. The molecule has 0 aliphatic carbocycles. The molecule has 16 heavy (non-hydrogen) atoms. The molecule has 90 valence electrons. The lowest BCUT2D eigenvalue weighted by atomic mass is 9.80.